The number of nitrogens with two attached hydrogens (primary N) is 1. The number of hydrazine groups is 1. The SMILES string of the molecule is CCC/C(C(=O)OCC)=C1/NC(c2ccccc2Cl)CC(C)N1N. The van der Waals surface area contributed by atoms with Crippen molar-refractivity contribution in [3.63, 3.8) is 0 Å². The molecule has 24 heavy (non-hydrogen) atoms. The van der Waals surface area contributed by atoms with Crippen LogP contribution in [0.25, 0.3) is 0 Å². The summed E-state index contributed by atoms with van der Waals surface area (Å²) < 4.78 is 5.21. The summed E-state index contributed by atoms with van der Waals surface area (Å²) in [5.74, 6) is 6.56. The smallest absolute Gasteiger partial charge is 0.337 e. The van der Waals surface area contributed by atoms with Crippen LogP contribution in [0.15, 0.2) is 35.7 Å². The van der Waals surface area contributed by atoms with E-state index in [9.17, 15) is 4.79 Å². The van der Waals surface area contributed by atoms with Gasteiger partial charge in [0.05, 0.1) is 18.2 Å². The lowest BCUT2D eigenvalue weighted by atomic mass is 9.96. The van der Waals surface area contributed by atoms with Gasteiger partial charge in [-0.1, -0.05) is 43.1 Å². The maximum Gasteiger partial charge on any atom is 0.337 e. The molecule has 0 radical (unpaired) electrons. The minimum absolute atomic E-state index is 0.00443. The van der Waals surface area contributed by atoms with E-state index in [1.165, 1.54) is 0 Å². The van der Waals surface area contributed by atoms with E-state index in [1.54, 1.807) is 11.9 Å². The van der Waals surface area contributed by atoms with Crippen molar-refractivity contribution in [1.29, 1.82) is 0 Å². The van der Waals surface area contributed by atoms with Gasteiger partial charge in [0.15, 0.2) is 0 Å². The third kappa shape index (κ3) is 4.02. The number of hydrogen-bond donors (Lipinski definition) is 2. The van der Waals surface area contributed by atoms with Gasteiger partial charge < -0.3 is 10.1 Å². The van der Waals surface area contributed by atoms with E-state index in [-0.39, 0.29) is 18.1 Å². The first kappa shape index (κ1) is 18.6. The van der Waals surface area contributed by atoms with Crippen molar-refractivity contribution >= 4 is 17.6 Å². The van der Waals surface area contributed by atoms with Gasteiger partial charge in [-0.3, -0.25) is 5.01 Å². The molecule has 0 amide bonds. The average Bonchev–Trinajstić information content (AvgIpc) is 2.56. The van der Waals surface area contributed by atoms with Crippen molar-refractivity contribution < 1.29 is 9.53 Å². The van der Waals surface area contributed by atoms with Crippen LogP contribution in [-0.4, -0.2) is 23.6 Å². The maximum atomic E-state index is 12.4. The van der Waals surface area contributed by atoms with Crippen LogP contribution in [0.2, 0.25) is 5.02 Å². The molecule has 6 heteroatoms. The predicted molar refractivity (Wildman–Crippen MR) is 96.0 cm³/mol. The number of nitrogens with one attached hydrogen (secondary N) is 1. The summed E-state index contributed by atoms with van der Waals surface area (Å²) >= 11 is 6.35. The van der Waals surface area contributed by atoms with Gasteiger partial charge in [0.1, 0.15) is 5.82 Å². The van der Waals surface area contributed by atoms with Gasteiger partial charge in [-0.25, -0.2) is 10.6 Å². The van der Waals surface area contributed by atoms with Crippen molar-refractivity contribution in [2.75, 3.05) is 6.61 Å². The van der Waals surface area contributed by atoms with Crippen LogP contribution >= 0.6 is 11.6 Å². The molecule has 0 aromatic heterocycles. The molecule has 1 aromatic carbocycles. The molecule has 132 valence electrons. The fourth-order valence-electron chi connectivity index (χ4n) is 2.96. The Morgan fingerprint density at radius 3 is 2.75 bits per heavy atom. The summed E-state index contributed by atoms with van der Waals surface area (Å²) in [5, 5.41) is 5.75. The Bertz CT molecular complexity index is 618. The molecule has 2 atom stereocenters. The summed E-state index contributed by atoms with van der Waals surface area (Å²) in [6, 6.07) is 7.82. The Kier molecular flexibility index (Phi) is 6.52. The number of rotatable bonds is 5. The molecule has 1 aliphatic rings. The number of halogens is 1. The van der Waals surface area contributed by atoms with Gasteiger partial charge in [0.25, 0.3) is 0 Å². The van der Waals surface area contributed by atoms with Crippen LogP contribution in [-0.2, 0) is 9.53 Å². The maximum absolute atomic E-state index is 12.4. The lowest BCUT2D eigenvalue weighted by Gasteiger charge is -2.40. The van der Waals surface area contributed by atoms with Crippen LogP contribution in [0, 0.1) is 0 Å². The standard InChI is InChI=1S/C18H26ClN3O2/c1-4-8-14(18(23)24-5-2)17-21-16(11-12(3)22(17)20)13-9-6-7-10-15(13)19/h6-7,9-10,12,16,21H,4-5,8,11,20H2,1-3H3/b17-14+. The normalized spacial score (nSPS) is 22.8. The summed E-state index contributed by atoms with van der Waals surface area (Å²) in [5.41, 5.74) is 1.60. The molecule has 1 aromatic rings. The molecular weight excluding hydrogens is 326 g/mol. The first-order chi connectivity index (χ1) is 11.5. The van der Waals surface area contributed by atoms with Gasteiger partial charge in [0, 0.05) is 11.1 Å². The first-order valence-corrected chi connectivity index (χ1v) is 8.82. The van der Waals surface area contributed by atoms with E-state index in [1.807, 2.05) is 38.1 Å². The molecule has 0 aliphatic carbocycles. The number of nitrogens with zero attached hydrogens (tertiary/aromatic N) is 1. The van der Waals surface area contributed by atoms with Crippen molar-refractivity contribution in [2.24, 2.45) is 5.84 Å². The quantitative estimate of drug-likeness (QED) is 0.482. The molecule has 1 heterocycles. The van der Waals surface area contributed by atoms with E-state index in [4.69, 9.17) is 22.2 Å². The predicted octanol–water partition coefficient (Wildman–Crippen LogP) is 3.51. The highest BCUT2D eigenvalue weighted by Gasteiger charge is 2.32. The second-order valence-corrected chi connectivity index (χ2v) is 6.42. The zero-order chi connectivity index (χ0) is 17.7. The third-order valence-corrected chi connectivity index (χ3v) is 4.55. The molecule has 0 spiro atoms. The molecule has 3 N–H and O–H groups in total. The van der Waals surface area contributed by atoms with Crippen LogP contribution in [0.3, 0.4) is 0 Å². The Labute approximate surface area is 148 Å². The van der Waals surface area contributed by atoms with Crippen LogP contribution in [0.1, 0.15) is 51.6 Å². The Hall–Kier alpha value is -1.72. The zero-order valence-corrected chi connectivity index (χ0v) is 15.3. The van der Waals surface area contributed by atoms with Crippen LogP contribution < -0.4 is 11.2 Å². The molecular formula is C18H26ClN3O2. The van der Waals surface area contributed by atoms with Gasteiger partial charge in [0.2, 0.25) is 0 Å². The molecule has 0 saturated carbocycles. The number of hydrogen-bond acceptors (Lipinski definition) is 5. The molecule has 1 aliphatic heterocycles. The first-order valence-electron chi connectivity index (χ1n) is 8.44. The lowest BCUT2D eigenvalue weighted by molar-refractivity contribution is -0.139. The van der Waals surface area contributed by atoms with Gasteiger partial charge in [-0.05, 0) is 38.3 Å². The van der Waals surface area contributed by atoms with Crippen LogP contribution in [0.5, 0.6) is 0 Å². The molecule has 2 unspecified atom stereocenters. The Morgan fingerprint density at radius 1 is 1.42 bits per heavy atom. The summed E-state index contributed by atoms with van der Waals surface area (Å²) in [7, 11) is 0. The van der Waals surface area contributed by atoms with Gasteiger partial charge in [-0.15, -0.1) is 0 Å². The van der Waals surface area contributed by atoms with Crippen LogP contribution in [0.4, 0.5) is 0 Å². The zero-order valence-electron chi connectivity index (χ0n) is 14.5. The van der Waals surface area contributed by atoms with Crippen molar-refractivity contribution in [3.8, 4) is 0 Å². The molecule has 5 nitrogen and oxygen atoms in total. The highest BCUT2D eigenvalue weighted by molar-refractivity contribution is 6.31. The van der Waals surface area contributed by atoms with E-state index in [0.29, 0.717) is 29.4 Å². The largest absolute Gasteiger partial charge is 0.463 e. The van der Waals surface area contributed by atoms with Crippen molar-refractivity contribution in [2.45, 2.75) is 52.1 Å². The fraction of sp³-hybridized carbons (Fsp3) is 0.500. The molecule has 1 fully saturated rings. The average molecular weight is 352 g/mol. The number of ether oxygens (including phenoxy) is 1. The minimum atomic E-state index is -0.315. The van der Waals surface area contributed by atoms with Gasteiger partial charge in [-0.2, -0.15) is 0 Å². The van der Waals surface area contributed by atoms with E-state index in [2.05, 4.69) is 5.32 Å². The van der Waals surface area contributed by atoms with Crippen molar-refractivity contribution in [3.05, 3.63) is 46.2 Å². The number of carbonyl (C=O) groups excluding carboxylic acids is 1. The van der Waals surface area contributed by atoms with E-state index in [0.717, 1.165) is 18.4 Å². The fourth-order valence-corrected chi connectivity index (χ4v) is 3.23. The van der Waals surface area contributed by atoms with E-state index < -0.39 is 0 Å². The lowest BCUT2D eigenvalue weighted by Crippen LogP contribution is -2.51. The monoisotopic (exact) mass is 351 g/mol. The molecule has 2 rings (SSSR count). The summed E-state index contributed by atoms with van der Waals surface area (Å²) in [6.45, 7) is 6.21. The van der Waals surface area contributed by atoms with E-state index >= 15 is 0 Å². The summed E-state index contributed by atoms with van der Waals surface area (Å²) in [4.78, 5) is 12.4. The highest BCUT2D eigenvalue weighted by atomic mass is 35.5. The highest BCUT2D eigenvalue weighted by Crippen LogP contribution is 2.33. The number of carbonyl (C=O) groups is 1. The van der Waals surface area contributed by atoms with Crippen molar-refractivity contribution in [1.82, 2.24) is 10.3 Å². The topological polar surface area (TPSA) is 67.6 Å². The second kappa shape index (κ2) is 8.40. The third-order valence-electron chi connectivity index (χ3n) is 4.21. The Balaban J connectivity index is 2.40. The van der Waals surface area contributed by atoms with Gasteiger partial charge >= 0.3 is 5.97 Å². The minimum Gasteiger partial charge on any atom is -0.463 e. The number of esters is 1. The summed E-state index contributed by atoms with van der Waals surface area (Å²) in [6.07, 6.45) is 2.24. The molecule has 0 bridgehead atoms. The number of benzene rings is 1. The molecule has 1 saturated heterocycles. The second-order valence-electron chi connectivity index (χ2n) is 6.01. The Morgan fingerprint density at radius 2 is 2.12 bits per heavy atom.